The first kappa shape index (κ1) is 29.8. The highest BCUT2D eigenvalue weighted by atomic mass is 35.5. The lowest BCUT2D eigenvalue weighted by atomic mass is 10.1. The van der Waals surface area contributed by atoms with Crippen molar-refractivity contribution in [3.05, 3.63) is 97.4 Å². The number of halogens is 2. The van der Waals surface area contributed by atoms with Crippen LogP contribution in [0, 0.1) is 0 Å². The van der Waals surface area contributed by atoms with Crippen LogP contribution in [0.1, 0.15) is 67.8 Å². The Bertz CT molecular complexity index is 1310. The van der Waals surface area contributed by atoms with E-state index >= 15 is 0 Å². The van der Waals surface area contributed by atoms with Gasteiger partial charge >= 0.3 is 5.97 Å². The molecular weight excluding hydrogens is 523 g/mol. The van der Waals surface area contributed by atoms with E-state index in [0.717, 1.165) is 16.9 Å². The minimum Gasteiger partial charge on any atom is -0.494 e. The second kappa shape index (κ2) is 12.8. The van der Waals surface area contributed by atoms with Gasteiger partial charge in [-0.3, -0.25) is 9.69 Å². The fourth-order valence-electron chi connectivity index (χ4n) is 4.14. The molecule has 204 valence electrons. The third kappa shape index (κ3) is 7.62. The van der Waals surface area contributed by atoms with Gasteiger partial charge in [0.1, 0.15) is 16.4 Å². The average Bonchev–Trinajstić information content (AvgIpc) is 2.86. The molecule has 0 aliphatic rings. The molecule has 0 radical (unpaired) electrons. The fraction of sp³-hybridized carbons (Fsp3) is 0.400. The SMILES string of the molecule is CCOc1ccccc1C(C)N(C)Cc1c(Cl)cc(Cl)c(=O)n1CCc1ccc(C(=O)OC(C)(C)C)cc1. The Morgan fingerprint density at radius 3 is 2.34 bits per heavy atom. The highest BCUT2D eigenvalue weighted by Gasteiger charge is 2.21. The number of carbonyl (C=O) groups excluding carboxylic acids is 1. The number of aryl methyl sites for hydroxylation is 1. The van der Waals surface area contributed by atoms with Crippen LogP contribution in [0.25, 0.3) is 0 Å². The van der Waals surface area contributed by atoms with Crippen LogP contribution in [0.15, 0.2) is 59.4 Å². The molecule has 0 spiro atoms. The Balaban J connectivity index is 1.81. The minimum atomic E-state index is -0.561. The molecule has 0 bridgehead atoms. The Kier molecular flexibility index (Phi) is 10.0. The molecule has 1 aromatic heterocycles. The van der Waals surface area contributed by atoms with E-state index in [9.17, 15) is 9.59 Å². The summed E-state index contributed by atoms with van der Waals surface area (Å²) in [6.07, 6.45) is 0.560. The van der Waals surface area contributed by atoms with E-state index in [4.69, 9.17) is 32.7 Å². The van der Waals surface area contributed by atoms with Crippen molar-refractivity contribution in [2.45, 2.75) is 65.8 Å². The van der Waals surface area contributed by atoms with Crippen LogP contribution in [-0.2, 0) is 24.2 Å². The van der Waals surface area contributed by atoms with Gasteiger partial charge in [0.25, 0.3) is 5.56 Å². The van der Waals surface area contributed by atoms with E-state index in [1.807, 2.05) is 71.1 Å². The van der Waals surface area contributed by atoms with E-state index < -0.39 is 5.60 Å². The van der Waals surface area contributed by atoms with Gasteiger partial charge in [0.05, 0.1) is 22.9 Å². The number of benzene rings is 2. The number of esters is 1. The zero-order valence-electron chi connectivity index (χ0n) is 22.9. The minimum absolute atomic E-state index is 0.00782. The summed E-state index contributed by atoms with van der Waals surface area (Å²) >= 11 is 12.9. The number of aromatic nitrogens is 1. The maximum Gasteiger partial charge on any atom is 0.338 e. The second-order valence-electron chi connectivity index (χ2n) is 10.3. The third-order valence-corrected chi connectivity index (χ3v) is 6.84. The summed E-state index contributed by atoms with van der Waals surface area (Å²) in [6, 6.07) is 16.7. The Hall–Kier alpha value is -2.80. The van der Waals surface area contributed by atoms with Crippen LogP contribution < -0.4 is 10.3 Å². The summed E-state index contributed by atoms with van der Waals surface area (Å²) in [4.78, 5) is 27.5. The standard InChI is InChI=1S/C30H36Cl2N2O4/c1-7-37-27-11-9-8-10-23(27)20(2)33(6)19-26-24(31)18-25(32)28(35)34(26)17-16-21-12-14-22(15-13-21)29(36)38-30(3,4)5/h8-15,18,20H,7,16-17,19H2,1-6H3. The smallest absolute Gasteiger partial charge is 0.338 e. The Morgan fingerprint density at radius 1 is 1.05 bits per heavy atom. The zero-order valence-corrected chi connectivity index (χ0v) is 24.4. The van der Waals surface area contributed by atoms with Crippen LogP contribution in [0.2, 0.25) is 10.0 Å². The molecule has 1 atom stereocenters. The first-order valence-electron chi connectivity index (χ1n) is 12.7. The highest BCUT2D eigenvalue weighted by Crippen LogP contribution is 2.30. The molecule has 0 saturated heterocycles. The van der Waals surface area contributed by atoms with Crippen LogP contribution in [0.3, 0.4) is 0 Å². The van der Waals surface area contributed by atoms with Crippen LogP contribution in [-0.4, -0.2) is 34.7 Å². The molecule has 6 nitrogen and oxygen atoms in total. The average molecular weight is 560 g/mol. The van der Waals surface area contributed by atoms with Gasteiger partial charge in [-0.1, -0.05) is 53.5 Å². The van der Waals surface area contributed by atoms with Gasteiger partial charge in [-0.15, -0.1) is 0 Å². The van der Waals surface area contributed by atoms with Gasteiger partial charge in [-0.05, 0) is 77.9 Å². The summed E-state index contributed by atoms with van der Waals surface area (Å²) < 4.78 is 12.9. The van der Waals surface area contributed by atoms with Crippen molar-refractivity contribution in [1.29, 1.82) is 0 Å². The monoisotopic (exact) mass is 558 g/mol. The van der Waals surface area contributed by atoms with Crippen molar-refractivity contribution < 1.29 is 14.3 Å². The number of ether oxygens (including phenoxy) is 2. The van der Waals surface area contributed by atoms with Gasteiger partial charge in [-0.25, -0.2) is 4.79 Å². The Labute approximate surface area is 235 Å². The largest absolute Gasteiger partial charge is 0.494 e. The topological polar surface area (TPSA) is 60.8 Å². The van der Waals surface area contributed by atoms with Gasteiger partial charge in [0.15, 0.2) is 0 Å². The molecule has 0 saturated carbocycles. The van der Waals surface area contributed by atoms with Gasteiger partial charge in [0, 0.05) is 24.7 Å². The van der Waals surface area contributed by atoms with Crippen molar-refractivity contribution in [2.75, 3.05) is 13.7 Å². The van der Waals surface area contributed by atoms with Crippen molar-refractivity contribution in [2.24, 2.45) is 0 Å². The normalized spacial score (nSPS) is 12.4. The van der Waals surface area contributed by atoms with Crippen LogP contribution in [0.4, 0.5) is 0 Å². The van der Waals surface area contributed by atoms with E-state index in [0.29, 0.717) is 42.4 Å². The molecule has 8 heteroatoms. The Morgan fingerprint density at radius 2 is 1.71 bits per heavy atom. The number of nitrogens with zero attached hydrogens (tertiary/aromatic N) is 2. The van der Waals surface area contributed by atoms with E-state index in [1.54, 1.807) is 16.7 Å². The lowest BCUT2D eigenvalue weighted by Gasteiger charge is -2.28. The molecule has 1 unspecified atom stereocenters. The molecule has 0 aliphatic carbocycles. The number of pyridine rings is 1. The van der Waals surface area contributed by atoms with E-state index in [2.05, 4.69) is 11.8 Å². The maximum absolute atomic E-state index is 13.1. The molecule has 38 heavy (non-hydrogen) atoms. The third-order valence-electron chi connectivity index (χ3n) is 6.25. The van der Waals surface area contributed by atoms with Crippen molar-refractivity contribution in [3.63, 3.8) is 0 Å². The molecular formula is C30H36Cl2N2O4. The fourth-order valence-corrected chi connectivity index (χ4v) is 4.68. The predicted octanol–water partition coefficient (Wildman–Crippen LogP) is 6.94. The number of carbonyl (C=O) groups is 1. The zero-order chi connectivity index (χ0) is 28.0. The van der Waals surface area contributed by atoms with Crippen molar-refractivity contribution in [3.8, 4) is 5.75 Å². The number of para-hydroxylation sites is 1. The van der Waals surface area contributed by atoms with Crippen molar-refractivity contribution in [1.82, 2.24) is 9.47 Å². The molecule has 3 rings (SSSR count). The van der Waals surface area contributed by atoms with Gasteiger partial charge in [0.2, 0.25) is 0 Å². The van der Waals surface area contributed by atoms with Crippen molar-refractivity contribution >= 4 is 29.2 Å². The lowest BCUT2D eigenvalue weighted by Crippen LogP contribution is -2.30. The molecule has 0 fully saturated rings. The number of hydrogen-bond acceptors (Lipinski definition) is 5. The molecule has 0 N–H and O–H groups in total. The summed E-state index contributed by atoms with van der Waals surface area (Å²) in [5, 5.41) is 0.517. The molecule has 2 aromatic carbocycles. The molecule has 0 aliphatic heterocycles. The predicted molar refractivity (Wildman–Crippen MR) is 154 cm³/mol. The lowest BCUT2D eigenvalue weighted by molar-refractivity contribution is 0.00695. The summed E-state index contributed by atoms with van der Waals surface area (Å²) in [7, 11) is 1.99. The van der Waals surface area contributed by atoms with E-state index in [1.165, 1.54) is 6.07 Å². The molecule has 1 heterocycles. The van der Waals surface area contributed by atoms with Crippen LogP contribution >= 0.6 is 23.2 Å². The first-order chi connectivity index (χ1) is 17.9. The molecule has 0 amide bonds. The summed E-state index contributed by atoms with van der Waals surface area (Å²) in [6.45, 7) is 11.0. The quantitative estimate of drug-likeness (QED) is 0.252. The molecule has 3 aromatic rings. The number of rotatable bonds is 10. The maximum atomic E-state index is 13.1. The summed E-state index contributed by atoms with van der Waals surface area (Å²) in [5.41, 5.74) is 2.35. The van der Waals surface area contributed by atoms with Gasteiger partial charge < -0.3 is 14.0 Å². The number of hydrogen-bond donors (Lipinski definition) is 0. The second-order valence-corrected chi connectivity index (χ2v) is 11.1. The highest BCUT2D eigenvalue weighted by molar-refractivity contribution is 6.34. The van der Waals surface area contributed by atoms with Crippen LogP contribution in [0.5, 0.6) is 5.75 Å². The summed E-state index contributed by atoms with van der Waals surface area (Å²) in [5.74, 6) is 0.469. The van der Waals surface area contributed by atoms with Gasteiger partial charge in [-0.2, -0.15) is 0 Å². The first-order valence-corrected chi connectivity index (χ1v) is 13.5. The van der Waals surface area contributed by atoms with E-state index in [-0.39, 0.29) is 22.6 Å².